The fraction of sp³-hybridized carbons (Fsp3) is 0.158. The summed E-state index contributed by atoms with van der Waals surface area (Å²) in [6.07, 6.45) is 0.272. The second-order valence-corrected chi connectivity index (χ2v) is 8.19. The van der Waals surface area contributed by atoms with Crippen LogP contribution in [0.25, 0.3) is 16.5 Å². The van der Waals surface area contributed by atoms with Gasteiger partial charge in [-0.2, -0.15) is 9.78 Å². The molecule has 0 saturated carbocycles. The Balaban J connectivity index is 1.74. The number of thiophene rings is 2. The van der Waals surface area contributed by atoms with Gasteiger partial charge in [0.05, 0.1) is 11.3 Å². The molecule has 4 aromatic rings. The highest BCUT2D eigenvalue weighted by atomic mass is 32.1. The molecule has 4 rings (SSSR count). The number of rotatable bonds is 5. The SMILES string of the molecule is Cc1nc(-n2nc(-c3cccs3)cc2NC(=O)Cc2cccs2)[nH]c(=O)c1C. The maximum Gasteiger partial charge on any atom is 0.255 e. The smallest absolute Gasteiger partial charge is 0.255 e. The molecular formula is C19H17N5O2S2. The molecule has 4 aromatic heterocycles. The second-order valence-electron chi connectivity index (χ2n) is 6.21. The standard InChI is InChI=1S/C19H17N5O2S2/c1-11-12(2)20-19(22-18(11)26)24-16(10-14(23-24)15-6-4-8-28-15)21-17(25)9-13-5-3-7-27-13/h3-8,10H,9H2,1-2H3,(H,21,25)(H,20,22,26). The molecular weight excluding hydrogens is 394 g/mol. The number of H-pyrrole nitrogens is 1. The number of amides is 1. The van der Waals surface area contributed by atoms with Crippen molar-refractivity contribution >= 4 is 34.4 Å². The molecule has 7 nitrogen and oxygen atoms in total. The van der Waals surface area contributed by atoms with E-state index in [1.807, 2.05) is 35.0 Å². The van der Waals surface area contributed by atoms with Crippen molar-refractivity contribution in [3.05, 3.63) is 67.6 Å². The van der Waals surface area contributed by atoms with E-state index in [2.05, 4.69) is 20.4 Å². The lowest BCUT2D eigenvalue weighted by Gasteiger charge is -2.09. The van der Waals surface area contributed by atoms with Gasteiger partial charge in [0.15, 0.2) is 0 Å². The van der Waals surface area contributed by atoms with Crippen molar-refractivity contribution in [3.8, 4) is 16.5 Å². The first-order valence-electron chi connectivity index (χ1n) is 8.55. The maximum absolute atomic E-state index is 12.5. The number of hydrogen-bond acceptors (Lipinski definition) is 6. The number of aromatic nitrogens is 4. The summed E-state index contributed by atoms with van der Waals surface area (Å²) in [5.74, 6) is 0.561. The molecule has 0 aliphatic carbocycles. The Morgan fingerprint density at radius 2 is 2.00 bits per heavy atom. The van der Waals surface area contributed by atoms with Gasteiger partial charge in [-0.3, -0.25) is 14.6 Å². The van der Waals surface area contributed by atoms with E-state index >= 15 is 0 Å². The predicted octanol–water partition coefficient (Wildman–Crippen LogP) is 3.54. The summed E-state index contributed by atoms with van der Waals surface area (Å²) in [6, 6.07) is 9.50. The zero-order valence-corrected chi connectivity index (χ0v) is 16.9. The zero-order valence-electron chi connectivity index (χ0n) is 15.2. The fourth-order valence-electron chi connectivity index (χ4n) is 2.67. The van der Waals surface area contributed by atoms with Crippen LogP contribution in [0.2, 0.25) is 0 Å². The van der Waals surface area contributed by atoms with Crippen LogP contribution in [0.15, 0.2) is 45.9 Å². The molecule has 0 aliphatic rings. The molecule has 28 heavy (non-hydrogen) atoms. The van der Waals surface area contributed by atoms with Crippen LogP contribution in [-0.2, 0) is 11.2 Å². The average Bonchev–Trinajstić information content (AvgIpc) is 3.40. The first-order valence-corrected chi connectivity index (χ1v) is 10.3. The molecule has 0 saturated heterocycles. The van der Waals surface area contributed by atoms with Crippen LogP contribution in [0.4, 0.5) is 5.82 Å². The first-order chi connectivity index (χ1) is 13.5. The number of aromatic amines is 1. The molecule has 0 aromatic carbocycles. The molecule has 1 amide bonds. The summed E-state index contributed by atoms with van der Waals surface area (Å²) in [4.78, 5) is 33.8. The lowest BCUT2D eigenvalue weighted by atomic mass is 10.3. The minimum atomic E-state index is -0.230. The highest BCUT2D eigenvalue weighted by Gasteiger charge is 2.17. The van der Waals surface area contributed by atoms with Gasteiger partial charge in [0.1, 0.15) is 11.5 Å². The molecule has 0 unspecified atom stereocenters. The molecule has 0 atom stereocenters. The van der Waals surface area contributed by atoms with Crippen molar-refractivity contribution in [2.75, 3.05) is 5.32 Å². The molecule has 0 spiro atoms. The Hall–Kier alpha value is -3.04. The van der Waals surface area contributed by atoms with Crippen LogP contribution in [0.1, 0.15) is 16.1 Å². The summed E-state index contributed by atoms with van der Waals surface area (Å²) in [7, 11) is 0. The van der Waals surface area contributed by atoms with E-state index in [1.165, 1.54) is 16.0 Å². The third-order valence-electron chi connectivity index (χ3n) is 4.25. The van der Waals surface area contributed by atoms with Crippen LogP contribution >= 0.6 is 22.7 Å². The molecule has 0 aliphatic heterocycles. The quantitative estimate of drug-likeness (QED) is 0.525. The molecule has 0 radical (unpaired) electrons. The van der Waals surface area contributed by atoms with Gasteiger partial charge < -0.3 is 5.32 Å². The summed E-state index contributed by atoms with van der Waals surface area (Å²) in [5.41, 5.74) is 1.63. The number of hydrogen-bond donors (Lipinski definition) is 2. The molecule has 0 fully saturated rings. The number of anilines is 1. The van der Waals surface area contributed by atoms with E-state index in [1.54, 1.807) is 31.3 Å². The second kappa shape index (κ2) is 7.53. The van der Waals surface area contributed by atoms with Gasteiger partial charge in [-0.1, -0.05) is 12.1 Å². The van der Waals surface area contributed by atoms with Gasteiger partial charge in [-0.25, -0.2) is 4.98 Å². The van der Waals surface area contributed by atoms with Gasteiger partial charge in [0, 0.05) is 22.2 Å². The number of carbonyl (C=O) groups excluding carboxylic acids is 1. The normalized spacial score (nSPS) is 10.9. The van der Waals surface area contributed by atoms with Gasteiger partial charge >= 0.3 is 0 Å². The number of nitrogens with zero attached hydrogens (tertiary/aromatic N) is 3. The topological polar surface area (TPSA) is 92.7 Å². The Morgan fingerprint density at radius 1 is 1.21 bits per heavy atom. The van der Waals surface area contributed by atoms with E-state index in [0.717, 1.165) is 9.75 Å². The van der Waals surface area contributed by atoms with Gasteiger partial charge in [0.25, 0.3) is 5.56 Å². The third kappa shape index (κ3) is 3.67. The number of nitrogens with one attached hydrogen (secondary N) is 2. The lowest BCUT2D eigenvalue weighted by molar-refractivity contribution is -0.115. The van der Waals surface area contributed by atoms with Gasteiger partial charge in [-0.15, -0.1) is 22.7 Å². The van der Waals surface area contributed by atoms with Crippen molar-refractivity contribution in [2.24, 2.45) is 0 Å². The highest BCUT2D eigenvalue weighted by molar-refractivity contribution is 7.13. The maximum atomic E-state index is 12.5. The van der Waals surface area contributed by atoms with Crippen LogP contribution < -0.4 is 10.9 Å². The molecule has 142 valence electrons. The van der Waals surface area contributed by atoms with E-state index in [0.29, 0.717) is 22.8 Å². The van der Waals surface area contributed by atoms with E-state index in [9.17, 15) is 9.59 Å². The highest BCUT2D eigenvalue weighted by Crippen LogP contribution is 2.27. The molecule has 2 N–H and O–H groups in total. The largest absolute Gasteiger partial charge is 0.310 e. The Labute approximate surface area is 168 Å². The van der Waals surface area contributed by atoms with Crippen LogP contribution in [-0.4, -0.2) is 25.7 Å². The summed E-state index contributed by atoms with van der Waals surface area (Å²) >= 11 is 3.08. The van der Waals surface area contributed by atoms with Crippen LogP contribution in [0.5, 0.6) is 0 Å². The predicted molar refractivity (Wildman–Crippen MR) is 111 cm³/mol. The summed E-state index contributed by atoms with van der Waals surface area (Å²) in [5, 5.41) is 11.4. The van der Waals surface area contributed by atoms with Crippen molar-refractivity contribution in [3.63, 3.8) is 0 Å². The minimum absolute atomic E-state index is 0.160. The molecule has 0 bridgehead atoms. The minimum Gasteiger partial charge on any atom is -0.310 e. The Bertz CT molecular complexity index is 1170. The average molecular weight is 412 g/mol. The van der Waals surface area contributed by atoms with Crippen molar-refractivity contribution in [2.45, 2.75) is 20.3 Å². The van der Waals surface area contributed by atoms with Crippen LogP contribution in [0, 0.1) is 13.8 Å². The van der Waals surface area contributed by atoms with Crippen molar-refractivity contribution < 1.29 is 4.79 Å². The molecule has 4 heterocycles. The monoisotopic (exact) mass is 411 g/mol. The van der Waals surface area contributed by atoms with Gasteiger partial charge in [-0.05, 0) is 36.7 Å². The van der Waals surface area contributed by atoms with Gasteiger partial charge in [0.2, 0.25) is 11.9 Å². The fourth-order valence-corrected chi connectivity index (χ4v) is 4.05. The Kier molecular flexibility index (Phi) is 4.93. The third-order valence-corrected chi connectivity index (χ3v) is 6.02. The number of aryl methyl sites for hydroxylation is 1. The van der Waals surface area contributed by atoms with E-state index in [4.69, 9.17) is 0 Å². The summed E-state index contributed by atoms with van der Waals surface area (Å²) < 4.78 is 1.47. The number of carbonyl (C=O) groups is 1. The lowest BCUT2D eigenvalue weighted by Crippen LogP contribution is -2.21. The first kappa shape index (κ1) is 18.3. The van der Waals surface area contributed by atoms with E-state index < -0.39 is 0 Å². The van der Waals surface area contributed by atoms with Crippen LogP contribution in [0.3, 0.4) is 0 Å². The van der Waals surface area contributed by atoms with Crippen molar-refractivity contribution in [1.29, 1.82) is 0 Å². The summed E-state index contributed by atoms with van der Waals surface area (Å²) in [6.45, 7) is 3.49. The Morgan fingerprint density at radius 3 is 2.68 bits per heavy atom. The zero-order chi connectivity index (χ0) is 19.7. The van der Waals surface area contributed by atoms with Crippen molar-refractivity contribution in [1.82, 2.24) is 19.7 Å². The molecule has 9 heteroatoms. The van der Waals surface area contributed by atoms with E-state index in [-0.39, 0.29) is 23.8 Å².